The normalized spacial score (nSPS) is 10.4. The Hall–Kier alpha value is -1.45. The first-order chi connectivity index (χ1) is 10.2. The highest BCUT2D eigenvalue weighted by Gasteiger charge is 2.06. The standard InChI is InChI=1S/C17H18ClNOS/c1-13-5-2-3-8-16(13)17(20)19-9-10-21-12-14-6-4-7-15(18)11-14/h2-8,11H,9-10,12H2,1H3,(H,19,20). The fraction of sp³-hybridized carbons (Fsp3) is 0.235. The van der Waals surface area contributed by atoms with Crippen LogP contribution >= 0.6 is 23.4 Å². The van der Waals surface area contributed by atoms with E-state index in [1.54, 1.807) is 11.8 Å². The van der Waals surface area contributed by atoms with E-state index in [-0.39, 0.29) is 5.91 Å². The molecule has 0 saturated carbocycles. The van der Waals surface area contributed by atoms with Gasteiger partial charge in [-0.1, -0.05) is 41.9 Å². The maximum atomic E-state index is 12.0. The van der Waals surface area contributed by atoms with E-state index in [4.69, 9.17) is 11.6 Å². The smallest absolute Gasteiger partial charge is 0.251 e. The Morgan fingerprint density at radius 2 is 2.00 bits per heavy atom. The lowest BCUT2D eigenvalue weighted by Gasteiger charge is -2.07. The number of hydrogen-bond acceptors (Lipinski definition) is 2. The first-order valence-corrected chi connectivity index (χ1v) is 8.36. The lowest BCUT2D eigenvalue weighted by molar-refractivity contribution is 0.0955. The molecule has 0 aromatic heterocycles. The summed E-state index contributed by atoms with van der Waals surface area (Å²) in [4.78, 5) is 12.0. The first-order valence-electron chi connectivity index (χ1n) is 6.83. The molecule has 0 aliphatic rings. The van der Waals surface area contributed by atoms with Crippen LogP contribution in [0.4, 0.5) is 0 Å². The van der Waals surface area contributed by atoms with Gasteiger partial charge in [0, 0.05) is 28.6 Å². The van der Waals surface area contributed by atoms with Gasteiger partial charge in [0.1, 0.15) is 0 Å². The van der Waals surface area contributed by atoms with E-state index in [9.17, 15) is 4.79 Å². The molecule has 0 heterocycles. The van der Waals surface area contributed by atoms with Gasteiger partial charge in [0.15, 0.2) is 0 Å². The third-order valence-electron chi connectivity index (χ3n) is 3.08. The number of aryl methyl sites for hydroxylation is 1. The minimum atomic E-state index is -0.00328. The van der Waals surface area contributed by atoms with Gasteiger partial charge in [-0.3, -0.25) is 4.79 Å². The lowest BCUT2D eigenvalue weighted by Crippen LogP contribution is -2.26. The Balaban J connectivity index is 1.70. The molecule has 0 saturated heterocycles. The molecule has 0 fully saturated rings. The molecule has 21 heavy (non-hydrogen) atoms. The van der Waals surface area contributed by atoms with Gasteiger partial charge >= 0.3 is 0 Å². The van der Waals surface area contributed by atoms with E-state index >= 15 is 0 Å². The summed E-state index contributed by atoms with van der Waals surface area (Å²) >= 11 is 7.73. The predicted molar refractivity (Wildman–Crippen MR) is 91.1 cm³/mol. The van der Waals surface area contributed by atoms with Crippen molar-refractivity contribution < 1.29 is 4.79 Å². The van der Waals surface area contributed by atoms with Gasteiger partial charge in [-0.25, -0.2) is 0 Å². The molecule has 110 valence electrons. The van der Waals surface area contributed by atoms with Crippen LogP contribution in [-0.2, 0) is 5.75 Å². The summed E-state index contributed by atoms with van der Waals surface area (Å²) in [6.07, 6.45) is 0. The summed E-state index contributed by atoms with van der Waals surface area (Å²) in [7, 11) is 0. The molecule has 0 bridgehead atoms. The Morgan fingerprint density at radius 3 is 2.76 bits per heavy atom. The van der Waals surface area contributed by atoms with Crippen LogP contribution in [0.5, 0.6) is 0 Å². The van der Waals surface area contributed by atoms with Crippen molar-refractivity contribution in [2.75, 3.05) is 12.3 Å². The molecule has 2 rings (SSSR count). The Morgan fingerprint density at radius 1 is 1.19 bits per heavy atom. The maximum Gasteiger partial charge on any atom is 0.251 e. The van der Waals surface area contributed by atoms with E-state index in [0.717, 1.165) is 27.7 Å². The van der Waals surface area contributed by atoms with Crippen molar-refractivity contribution in [2.24, 2.45) is 0 Å². The summed E-state index contributed by atoms with van der Waals surface area (Å²) < 4.78 is 0. The van der Waals surface area contributed by atoms with Crippen LogP contribution in [0, 0.1) is 6.92 Å². The van der Waals surface area contributed by atoms with Crippen LogP contribution in [0.3, 0.4) is 0 Å². The molecule has 0 aliphatic heterocycles. The molecular formula is C17H18ClNOS. The lowest BCUT2D eigenvalue weighted by atomic mass is 10.1. The van der Waals surface area contributed by atoms with E-state index in [0.29, 0.717) is 6.54 Å². The summed E-state index contributed by atoms with van der Waals surface area (Å²) in [5, 5.41) is 3.72. The monoisotopic (exact) mass is 319 g/mol. The number of benzene rings is 2. The minimum Gasteiger partial charge on any atom is -0.351 e. The molecule has 4 heteroatoms. The Labute approximate surface area is 134 Å². The van der Waals surface area contributed by atoms with Crippen molar-refractivity contribution in [3.63, 3.8) is 0 Å². The van der Waals surface area contributed by atoms with Crippen LogP contribution < -0.4 is 5.32 Å². The summed E-state index contributed by atoms with van der Waals surface area (Å²) in [6, 6.07) is 15.5. The van der Waals surface area contributed by atoms with Gasteiger partial charge in [0.25, 0.3) is 5.91 Å². The molecule has 1 N–H and O–H groups in total. The second-order valence-electron chi connectivity index (χ2n) is 4.75. The first kappa shape index (κ1) is 15.9. The van der Waals surface area contributed by atoms with Gasteiger partial charge in [-0.05, 0) is 36.2 Å². The maximum absolute atomic E-state index is 12.0. The molecule has 2 aromatic carbocycles. The predicted octanol–water partition coefficient (Wildman–Crippen LogP) is 4.31. The van der Waals surface area contributed by atoms with Crippen LogP contribution in [0.2, 0.25) is 5.02 Å². The fourth-order valence-corrected chi connectivity index (χ4v) is 3.00. The van der Waals surface area contributed by atoms with Crippen molar-refractivity contribution in [3.05, 3.63) is 70.2 Å². The summed E-state index contributed by atoms with van der Waals surface area (Å²) in [6.45, 7) is 2.61. The van der Waals surface area contributed by atoms with Gasteiger partial charge < -0.3 is 5.32 Å². The average Bonchev–Trinajstić information content (AvgIpc) is 2.47. The van der Waals surface area contributed by atoms with Gasteiger partial charge in [0.2, 0.25) is 0 Å². The number of carbonyl (C=O) groups excluding carboxylic acids is 1. The third-order valence-corrected chi connectivity index (χ3v) is 4.34. The molecular weight excluding hydrogens is 302 g/mol. The van der Waals surface area contributed by atoms with E-state index in [1.807, 2.05) is 49.4 Å². The Bertz CT molecular complexity index is 615. The van der Waals surface area contributed by atoms with E-state index in [1.165, 1.54) is 5.56 Å². The number of rotatable bonds is 6. The SMILES string of the molecule is Cc1ccccc1C(=O)NCCSCc1cccc(Cl)c1. The zero-order valence-electron chi connectivity index (χ0n) is 11.9. The second-order valence-corrected chi connectivity index (χ2v) is 6.29. The van der Waals surface area contributed by atoms with Crippen molar-refractivity contribution >= 4 is 29.3 Å². The molecule has 0 atom stereocenters. The molecule has 1 amide bonds. The minimum absolute atomic E-state index is 0.00328. The van der Waals surface area contributed by atoms with Crippen LogP contribution in [0.25, 0.3) is 0 Å². The molecule has 2 aromatic rings. The highest BCUT2D eigenvalue weighted by atomic mass is 35.5. The van der Waals surface area contributed by atoms with Gasteiger partial charge in [0.05, 0.1) is 0 Å². The number of amides is 1. The van der Waals surface area contributed by atoms with Gasteiger partial charge in [-0.2, -0.15) is 11.8 Å². The quantitative estimate of drug-likeness (QED) is 0.804. The van der Waals surface area contributed by atoms with Crippen LogP contribution in [0.1, 0.15) is 21.5 Å². The zero-order valence-corrected chi connectivity index (χ0v) is 13.5. The van der Waals surface area contributed by atoms with Crippen LogP contribution in [0.15, 0.2) is 48.5 Å². The summed E-state index contributed by atoms with van der Waals surface area (Å²) in [5.41, 5.74) is 2.96. The van der Waals surface area contributed by atoms with E-state index in [2.05, 4.69) is 11.4 Å². The van der Waals surface area contributed by atoms with Crippen molar-refractivity contribution in [1.29, 1.82) is 0 Å². The second kappa shape index (κ2) is 8.11. The zero-order chi connectivity index (χ0) is 15.1. The highest BCUT2D eigenvalue weighted by molar-refractivity contribution is 7.98. The van der Waals surface area contributed by atoms with E-state index < -0.39 is 0 Å². The number of carbonyl (C=O) groups is 1. The molecule has 0 aliphatic carbocycles. The largest absolute Gasteiger partial charge is 0.351 e. The molecule has 2 nitrogen and oxygen atoms in total. The third kappa shape index (κ3) is 5.10. The number of nitrogens with one attached hydrogen (secondary N) is 1. The molecule has 0 unspecified atom stereocenters. The summed E-state index contributed by atoms with van der Waals surface area (Å²) in [5.74, 6) is 1.78. The molecule has 0 spiro atoms. The molecule has 0 radical (unpaired) electrons. The fourth-order valence-electron chi connectivity index (χ4n) is 1.98. The topological polar surface area (TPSA) is 29.1 Å². The van der Waals surface area contributed by atoms with Crippen LogP contribution in [-0.4, -0.2) is 18.2 Å². The van der Waals surface area contributed by atoms with Gasteiger partial charge in [-0.15, -0.1) is 0 Å². The average molecular weight is 320 g/mol. The number of hydrogen-bond donors (Lipinski definition) is 1. The Kier molecular flexibility index (Phi) is 6.15. The van der Waals surface area contributed by atoms with Crippen molar-refractivity contribution in [1.82, 2.24) is 5.32 Å². The highest BCUT2D eigenvalue weighted by Crippen LogP contribution is 2.16. The number of halogens is 1. The number of thioether (sulfide) groups is 1. The van der Waals surface area contributed by atoms with Crippen molar-refractivity contribution in [3.8, 4) is 0 Å². The van der Waals surface area contributed by atoms with Crippen molar-refractivity contribution in [2.45, 2.75) is 12.7 Å².